The second kappa shape index (κ2) is 5.87. The molecule has 2 aromatic rings. The summed E-state index contributed by atoms with van der Waals surface area (Å²) < 4.78 is 0. The van der Waals surface area contributed by atoms with Crippen LogP contribution in [-0.4, -0.2) is 5.91 Å². The molecule has 19 heavy (non-hydrogen) atoms. The molecule has 0 saturated carbocycles. The zero-order chi connectivity index (χ0) is 13.8. The smallest absolute Gasteiger partial charge is 0.220 e. The maximum absolute atomic E-state index is 11.7. The number of amides is 1. The topological polar surface area (TPSA) is 29.1 Å². The standard InChI is InChI=1S/C17H21NO/c1-4-16(19)18-17(12(2)3)15-11-7-9-13-8-5-6-10-14(13)15/h5-12,17H,4H2,1-3H3,(H,18,19). The van der Waals surface area contributed by atoms with Crippen LogP contribution in [-0.2, 0) is 4.79 Å². The first-order valence-electron chi connectivity index (χ1n) is 6.90. The van der Waals surface area contributed by atoms with E-state index in [1.165, 1.54) is 16.3 Å². The van der Waals surface area contributed by atoms with Crippen molar-refractivity contribution in [2.24, 2.45) is 5.92 Å². The molecule has 2 heteroatoms. The van der Waals surface area contributed by atoms with Gasteiger partial charge in [-0.05, 0) is 22.3 Å². The van der Waals surface area contributed by atoms with Crippen molar-refractivity contribution in [2.75, 3.05) is 0 Å². The highest BCUT2D eigenvalue weighted by Gasteiger charge is 2.19. The monoisotopic (exact) mass is 255 g/mol. The molecule has 0 aliphatic heterocycles. The molecule has 0 spiro atoms. The van der Waals surface area contributed by atoms with Crippen LogP contribution in [0.2, 0.25) is 0 Å². The molecule has 0 radical (unpaired) electrons. The minimum absolute atomic E-state index is 0.0681. The second-order valence-electron chi connectivity index (χ2n) is 5.21. The molecule has 2 nitrogen and oxygen atoms in total. The Labute approximate surface area is 114 Å². The molecule has 1 amide bonds. The van der Waals surface area contributed by atoms with Crippen molar-refractivity contribution in [3.05, 3.63) is 48.0 Å². The minimum Gasteiger partial charge on any atom is -0.349 e. The highest BCUT2D eigenvalue weighted by atomic mass is 16.1. The van der Waals surface area contributed by atoms with E-state index in [1.54, 1.807) is 0 Å². The lowest BCUT2D eigenvalue weighted by molar-refractivity contribution is -0.121. The van der Waals surface area contributed by atoms with E-state index in [4.69, 9.17) is 0 Å². The predicted octanol–water partition coefficient (Wildman–Crippen LogP) is 4.06. The molecular formula is C17H21NO. The number of fused-ring (bicyclic) bond motifs is 1. The zero-order valence-electron chi connectivity index (χ0n) is 11.8. The van der Waals surface area contributed by atoms with Gasteiger partial charge in [0.1, 0.15) is 0 Å². The summed E-state index contributed by atoms with van der Waals surface area (Å²) in [5, 5.41) is 5.58. The Balaban J connectivity index is 2.47. The SMILES string of the molecule is CCC(=O)NC(c1cccc2ccccc12)C(C)C. The Morgan fingerprint density at radius 2 is 1.79 bits per heavy atom. The van der Waals surface area contributed by atoms with E-state index in [2.05, 4.69) is 49.5 Å². The van der Waals surface area contributed by atoms with Gasteiger partial charge in [-0.1, -0.05) is 63.2 Å². The number of carbonyl (C=O) groups is 1. The average Bonchev–Trinajstić information content (AvgIpc) is 2.43. The number of rotatable bonds is 4. The summed E-state index contributed by atoms with van der Waals surface area (Å²) in [6.07, 6.45) is 0.522. The maximum atomic E-state index is 11.7. The average molecular weight is 255 g/mol. The Morgan fingerprint density at radius 1 is 1.11 bits per heavy atom. The van der Waals surface area contributed by atoms with E-state index >= 15 is 0 Å². The third kappa shape index (κ3) is 2.95. The van der Waals surface area contributed by atoms with Crippen molar-refractivity contribution in [1.29, 1.82) is 0 Å². The molecule has 0 bridgehead atoms. The van der Waals surface area contributed by atoms with Crippen LogP contribution in [0.1, 0.15) is 38.8 Å². The van der Waals surface area contributed by atoms with Crippen LogP contribution in [0.4, 0.5) is 0 Å². The van der Waals surface area contributed by atoms with Crippen LogP contribution in [0.25, 0.3) is 10.8 Å². The van der Waals surface area contributed by atoms with Gasteiger partial charge in [0, 0.05) is 6.42 Å². The molecule has 2 aromatic carbocycles. The van der Waals surface area contributed by atoms with Gasteiger partial charge in [0.2, 0.25) is 5.91 Å². The Bertz CT molecular complexity index is 569. The summed E-state index contributed by atoms with van der Waals surface area (Å²) in [7, 11) is 0. The lowest BCUT2D eigenvalue weighted by Crippen LogP contribution is -2.31. The van der Waals surface area contributed by atoms with Crippen LogP contribution < -0.4 is 5.32 Å². The van der Waals surface area contributed by atoms with Gasteiger partial charge < -0.3 is 5.32 Å². The molecule has 1 N–H and O–H groups in total. The first-order chi connectivity index (χ1) is 9.13. The van der Waals surface area contributed by atoms with Crippen LogP contribution in [0, 0.1) is 5.92 Å². The quantitative estimate of drug-likeness (QED) is 0.877. The normalized spacial score (nSPS) is 12.6. The number of hydrogen-bond acceptors (Lipinski definition) is 1. The lowest BCUT2D eigenvalue weighted by Gasteiger charge is -2.24. The fourth-order valence-corrected chi connectivity index (χ4v) is 2.40. The largest absolute Gasteiger partial charge is 0.349 e. The molecule has 1 atom stereocenters. The van der Waals surface area contributed by atoms with Crippen molar-refractivity contribution in [2.45, 2.75) is 33.2 Å². The highest BCUT2D eigenvalue weighted by Crippen LogP contribution is 2.28. The fourth-order valence-electron chi connectivity index (χ4n) is 2.40. The van der Waals surface area contributed by atoms with Gasteiger partial charge in [-0.15, -0.1) is 0 Å². The molecule has 0 aromatic heterocycles. The van der Waals surface area contributed by atoms with Crippen molar-refractivity contribution in [3.8, 4) is 0 Å². The molecule has 100 valence electrons. The number of nitrogens with one attached hydrogen (secondary N) is 1. The van der Waals surface area contributed by atoms with Gasteiger partial charge in [-0.25, -0.2) is 0 Å². The van der Waals surface area contributed by atoms with Crippen LogP contribution >= 0.6 is 0 Å². The molecule has 0 aliphatic carbocycles. The summed E-state index contributed by atoms with van der Waals surface area (Å²) in [6.45, 7) is 6.17. The summed E-state index contributed by atoms with van der Waals surface area (Å²) in [5.41, 5.74) is 1.20. The molecule has 0 saturated heterocycles. The zero-order valence-corrected chi connectivity index (χ0v) is 11.8. The Kier molecular flexibility index (Phi) is 4.20. The third-order valence-electron chi connectivity index (χ3n) is 3.46. The second-order valence-corrected chi connectivity index (χ2v) is 5.21. The van der Waals surface area contributed by atoms with E-state index in [0.717, 1.165) is 0 Å². The number of hydrogen-bond donors (Lipinski definition) is 1. The van der Waals surface area contributed by atoms with Crippen LogP contribution in [0.15, 0.2) is 42.5 Å². The lowest BCUT2D eigenvalue weighted by atomic mass is 9.91. The van der Waals surface area contributed by atoms with E-state index in [0.29, 0.717) is 12.3 Å². The van der Waals surface area contributed by atoms with Gasteiger partial charge in [-0.3, -0.25) is 4.79 Å². The summed E-state index contributed by atoms with van der Waals surface area (Å²) in [4.78, 5) is 11.7. The summed E-state index contributed by atoms with van der Waals surface area (Å²) in [6, 6.07) is 14.7. The molecule has 2 rings (SSSR count). The molecular weight excluding hydrogens is 234 g/mol. The molecule has 1 unspecified atom stereocenters. The van der Waals surface area contributed by atoms with Gasteiger partial charge in [0.15, 0.2) is 0 Å². The van der Waals surface area contributed by atoms with E-state index < -0.39 is 0 Å². The van der Waals surface area contributed by atoms with Crippen molar-refractivity contribution < 1.29 is 4.79 Å². The first kappa shape index (κ1) is 13.6. The van der Waals surface area contributed by atoms with Crippen molar-refractivity contribution in [3.63, 3.8) is 0 Å². The third-order valence-corrected chi connectivity index (χ3v) is 3.46. The van der Waals surface area contributed by atoms with Gasteiger partial charge in [0.25, 0.3) is 0 Å². The van der Waals surface area contributed by atoms with E-state index in [-0.39, 0.29) is 11.9 Å². The molecule has 0 heterocycles. The molecule has 0 fully saturated rings. The van der Waals surface area contributed by atoms with Gasteiger partial charge in [-0.2, -0.15) is 0 Å². The first-order valence-corrected chi connectivity index (χ1v) is 6.90. The van der Waals surface area contributed by atoms with Gasteiger partial charge in [0.05, 0.1) is 6.04 Å². The van der Waals surface area contributed by atoms with E-state index in [1.807, 2.05) is 19.1 Å². The van der Waals surface area contributed by atoms with Crippen molar-refractivity contribution >= 4 is 16.7 Å². The maximum Gasteiger partial charge on any atom is 0.220 e. The highest BCUT2D eigenvalue weighted by molar-refractivity contribution is 5.87. The number of carbonyl (C=O) groups excluding carboxylic acids is 1. The van der Waals surface area contributed by atoms with Crippen LogP contribution in [0.3, 0.4) is 0 Å². The predicted molar refractivity (Wildman–Crippen MR) is 80.0 cm³/mol. The molecule has 0 aliphatic rings. The Hall–Kier alpha value is -1.83. The Morgan fingerprint density at radius 3 is 2.47 bits per heavy atom. The van der Waals surface area contributed by atoms with Crippen LogP contribution in [0.5, 0.6) is 0 Å². The van der Waals surface area contributed by atoms with E-state index in [9.17, 15) is 4.79 Å². The summed E-state index contributed by atoms with van der Waals surface area (Å²) in [5.74, 6) is 0.466. The number of benzene rings is 2. The van der Waals surface area contributed by atoms with Gasteiger partial charge >= 0.3 is 0 Å². The fraction of sp³-hybridized carbons (Fsp3) is 0.353. The minimum atomic E-state index is 0.0681. The van der Waals surface area contributed by atoms with Crippen molar-refractivity contribution in [1.82, 2.24) is 5.32 Å². The summed E-state index contributed by atoms with van der Waals surface area (Å²) >= 11 is 0.